The van der Waals surface area contributed by atoms with E-state index in [-0.39, 0.29) is 11.4 Å². The van der Waals surface area contributed by atoms with E-state index in [2.05, 4.69) is 16.6 Å². The highest BCUT2D eigenvalue weighted by atomic mass is 19.4. The zero-order valence-corrected chi connectivity index (χ0v) is 13.7. The van der Waals surface area contributed by atoms with Crippen molar-refractivity contribution in [2.24, 2.45) is 0 Å². The Morgan fingerprint density at radius 2 is 1.81 bits per heavy atom. The van der Waals surface area contributed by atoms with Crippen molar-refractivity contribution < 1.29 is 22.3 Å². The maximum absolute atomic E-state index is 14.0. The number of nitriles is 1. The molecule has 2 rings (SSSR count). The lowest BCUT2D eigenvalue weighted by Crippen LogP contribution is -2.16. The molecule has 2 aromatic rings. The third-order valence-corrected chi connectivity index (χ3v) is 3.47. The summed E-state index contributed by atoms with van der Waals surface area (Å²) in [5.74, 6) is -0.924. The van der Waals surface area contributed by atoms with Crippen LogP contribution < -0.4 is 10.1 Å². The second-order valence-corrected chi connectivity index (χ2v) is 5.16. The van der Waals surface area contributed by atoms with Crippen LogP contribution in [-0.2, 0) is 0 Å². The molecule has 134 valence electrons. The van der Waals surface area contributed by atoms with Crippen LogP contribution in [0, 0.1) is 17.1 Å². The van der Waals surface area contributed by atoms with Gasteiger partial charge in [-0.2, -0.15) is 5.26 Å². The van der Waals surface area contributed by atoms with Crippen molar-refractivity contribution in [3.05, 3.63) is 72.2 Å². The van der Waals surface area contributed by atoms with E-state index in [4.69, 9.17) is 5.26 Å². The average molecular weight is 362 g/mol. The lowest BCUT2D eigenvalue weighted by molar-refractivity contribution is -0.274. The van der Waals surface area contributed by atoms with Gasteiger partial charge in [-0.15, -0.1) is 13.2 Å². The van der Waals surface area contributed by atoms with Gasteiger partial charge in [-0.3, -0.25) is 0 Å². The fourth-order valence-electron chi connectivity index (χ4n) is 2.38. The van der Waals surface area contributed by atoms with E-state index in [1.54, 1.807) is 13.1 Å². The van der Waals surface area contributed by atoms with Crippen LogP contribution in [0.15, 0.2) is 60.8 Å². The van der Waals surface area contributed by atoms with Gasteiger partial charge >= 0.3 is 6.36 Å². The standard InChI is InChI=1S/C19H14F4N2O/c1-3-17(18(11-24)25-2)14-8-13(9-15(20)10-14)12-4-6-16(7-5-12)26-19(21,22)23/h3-10,25H,1H2,2H3/b18-17+. The number of nitrogens with zero attached hydrogens (tertiary/aromatic N) is 1. The first-order valence-electron chi connectivity index (χ1n) is 7.39. The minimum atomic E-state index is -4.78. The molecule has 0 bridgehead atoms. The minimum absolute atomic E-state index is 0.213. The van der Waals surface area contributed by atoms with Crippen molar-refractivity contribution in [3.63, 3.8) is 0 Å². The van der Waals surface area contributed by atoms with Gasteiger partial charge < -0.3 is 10.1 Å². The first-order chi connectivity index (χ1) is 12.3. The summed E-state index contributed by atoms with van der Waals surface area (Å²) in [4.78, 5) is 0. The number of alkyl halides is 3. The number of hydrogen-bond acceptors (Lipinski definition) is 3. The summed E-state index contributed by atoms with van der Waals surface area (Å²) in [5, 5.41) is 11.9. The van der Waals surface area contributed by atoms with Crippen molar-refractivity contribution in [3.8, 4) is 22.9 Å². The molecule has 0 aliphatic heterocycles. The highest BCUT2D eigenvalue weighted by Gasteiger charge is 2.30. The maximum Gasteiger partial charge on any atom is 0.573 e. The molecule has 0 aromatic heterocycles. The van der Waals surface area contributed by atoms with Gasteiger partial charge in [0.05, 0.1) is 0 Å². The third kappa shape index (κ3) is 4.63. The monoisotopic (exact) mass is 362 g/mol. The smallest absolute Gasteiger partial charge is 0.406 e. The quantitative estimate of drug-likeness (QED) is 0.461. The maximum atomic E-state index is 14.0. The van der Waals surface area contributed by atoms with E-state index in [1.807, 2.05) is 6.07 Å². The Balaban J connectivity index is 2.46. The third-order valence-electron chi connectivity index (χ3n) is 3.47. The molecule has 0 radical (unpaired) electrons. The molecular formula is C19H14F4N2O. The number of nitrogens with one attached hydrogen (secondary N) is 1. The van der Waals surface area contributed by atoms with E-state index >= 15 is 0 Å². The summed E-state index contributed by atoms with van der Waals surface area (Å²) in [6.07, 6.45) is -3.36. The van der Waals surface area contributed by atoms with E-state index in [0.29, 0.717) is 22.3 Å². The largest absolute Gasteiger partial charge is 0.573 e. The highest BCUT2D eigenvalue weighted by Crippen LogP contribution is 2.29. The van der Waals surface area contributed by atoms with E-state index in [1.165, 1.54) is 30.3 Å². The van der Waals surface area contributed by atoms with Gasteiger partial charge in [-0.25, -0.2) is 4.39 Å². The predicted molar refractivity (Wildman–Crippen MR) is 90.3 cm³/mol. The Kier molecular flexibility index (Phi) is 5.68. The summed E-state index contributed by atoms with van der Waals surface area (Å²) < 4.78 is 54.5. The van der Waals surface area contributed by atoms with Gasteiger partial charge in [0.25, 0.3) is 0 Å². The SMILES string of the molecule is C=C/C(=C(/C#N)NC)c1cc(F)cc(-c2ccc(OC(F)(F)F)cc2)c1. The van der Waals surface area contributed by atoms with Crippen molar-refractivity contribution in [2.45, 2.75) is 6.36 Å². The molecule has 0 fully saturated rings. The average Bonchev–Trinajstić information content (AvgIpc) is 2.58. The summed E-state index contributed by atoms with van der Waals surface area (Å²) in [7, 11) is 1.56. The summed E-state index contributed by atoms with van der Waals surface area (Å²) in [6, 6.07) is 11.1. The van der Waals surface area contributed by atoms with Crippen LogP contribution in [0.5, 0.6) is 5.75 Å². The molecule has 0 unspecified atom stereocenters. The van der Waals surface area contributed by atoms with E-state index < -0.39 is 12.2 Å². The van der Waals surface area contributed by atoms with Crippen molar-refractivity contribution in [1.29, 1.82) is 5.26 Å². The molecule has 0 spiro atoms. The highest BCUT2D eigenvalue weighted by molar-refractivity contribution is 5.81. The molecular weight excluding hydrogens is 348 g/mol. The number of hydrogen-bond donors (Lipinski definition) is 1. The molecule has 0 aliphatic rings. The second-order valence-electron chi connectivity index (χ2n) is 5.16. The fraction of sp³-hybridized carbons (Fsp3) is 0.105. The van der Waals surface area contributed by atoms with E-state index in [9.17, 15) is 17.6 Å². The Labute approximate surface area is 147 Å². The van der Waals surface area contributed by atoms with E-state index in [0.717, 1.165) is 12.1 Å². The number of allylic oxidation sites excluding steroid dienone is 3. The van der Waals surface area contributed by atoms with Crippen LogP contribution in [0.3, 0.4) is 0 Å². The first-order valence-corrected chi connectivity index (χ1v) is 7.39. The van der Waals surface area contributed by atoms with Crippen LogP contribution in [0.2, 0.25) is 0 Å². The predicted octanol–water partition coefficient (Wildman–Crippen LogP) is 5.03. The molecule has 7 heteroatoms. The van der Waals surface area contributed by atoms with Crippen LogP contribution in [0.4, 0.5) is 17.6 Å². The summed E-state index contributed by atoms with van der Waals surface area (Å²) in [5.41, 5.74) is 1.97. The lowest BCUT2D eigenvalue weighted by atomic mass is 9.97. The Morgan fingerprint density at radius 3 is 2.31 bits per heavy atom. The van der Waals surface area contributed by atoms with Crippen molar-refractivity contribution in [2.75, 3.05) is 7.05 Å². The molecule has 2 aromatic carbocycles. The van der Waals surface area contributed by atoms with Gasteiger partial charge in [0.1, 0.15) is 23.3 Å². The zero-order valence-electron chi connectivity index (χ0n) is 13.7. The molecule has 0 aliphatic carbocycles. The Morgan fingerprint density at radius 1 is 1.15 bits per heavy atom. The topological polar surface area (TPSA) is 45.0 Å². The molecule has 0 atom stereocenters. The normalized spacial score (nSPS) is 12.0. The van der Waals surface area contributed by atoms with Gasteiger partial charge in [0.15, 0.2) is 0 Å². The fourth-order valence-corrected chi connectivity index (χ4v) is 2.38. The van der Waals surface area contributed by atoms with Crippen LogP contribution in [-0.4, -0.2) is 13.4 Å². The molecule has 0 amide bonds. The molecule has 1 N–H and O–H groups in total. The number of ether oxygens (including phenoxy) is 1. The number of rotatable bonds is 5. The molecule has 0 saturated heterocycles. The van der Waals surface area contributed by atoms with Crippen LogP contribution in [0.25, 0.3) is 16.7 Å². The van der Waals surface area contributed by atoms with Gasteiger partial charge in [-0.1, -0.05) is 24.8 Å². The molecule has 3 nitrogen and oxygen atoms in total. The summed E-state index contributed by atoms with van der Waals surface area (Å²) in [6.45, 7) is 3.64. The van der Waals surface area contributed by atoms with Crippen LogP contribution >= 0.6 is 0 Å². The summed E-state index contributed by atoms with van der Waals surface area (Å²) >= 11 is 0. The van der Waals surface area contributed by atoms with Crippen molar-refractivity contribution >= 4 is 5.57 Å². The molecule has 0 heterocycles. The zero-order chi connectivity index (χ0) is 19.3. The van der Waals surface area contributed by atoms with Gasteiger partial charge in [0.2, 0.25) is 0 Å². The van der Waals surface area contributed by atoms with Gasteiger partial charge in [-0.05, 0) is 47.0 Å². The Bertz CT molecular complexity index is 878. The first kappa shape index (κ1) is 19.1. The second kappa shape index (κ2) is 7.74. The molecule has 26 heavy (non-hydrogen) atoms. The lowest BCUT2D eigenvalue weighted by Gasteiger charge is -2.11. The number of benzene rings is 2. The van der Waals surface area contributed by atoms with Gasteiger partial charge in [0, 0.05) is 12.6 Å². The van der Waals surface area contributed by atoms with Crippen LogP contribution in [0.1, 0.15) is 5.56 Å². The Hall–Kier alpha value is -3.27. The minimum Gasteiger partial charge on any atom is -0.406 e. The van der Waals surface area contributed by atoms with Crippen molar-refractivity contribution in [1.82, 2.24) is 5.32 Å². The molecule has 0 saturated carbocycles. The number of halogens is 4.